The third-order valence-corrected chi connectivity index (χ3v) is 19.2. The van der Waals surface area contributed by atoms with E-state index in [0.717, 1.165) is 25.7 Å². The van der Waals surface area contributed by atoms with Crippen LogP contribution in [0.25, 0.3) is 87.3 Å². The highest BCUT2D eigenvalue weighted by Gasteiger charge is 2.31. The van der Waals surface area contributed by atoms with E-state index < -0.39 is 0 Å². The van der Waals surface area contributed by atoms with Gasteiger partial charge in [0.25, 0.3) is 0 Å². The smallest absolute Gasteiger partial charge is 0.0782 e. The molecule has 0 saturated heterocycles. The average Bonchev–Trinajstić information content (AvgIpc) is 3.91. The number of aromatic nitrogens is 2. The lowest BCUT2D eigenvalue weighted by Crippen LogP contribution is -2.17. The molecule has 4 heteroatoms. The van der Waals surface area contributed by atoms with Gasteiger partial charge in [-0.25, -0.2) is 0 Å². The molecular weight excluding hydrogens is 1020 g/mol. The molecule has 2 aliphatic rings. The van der Waals surface area contributed by atoms with Gasteiger partial charge < -0.3 is 18.9 Å². The minimum atomic E-state index is 0.249. The highest BCUT2D eigenvalue weighted by Crippen LogP contribution is 2.54. The zero-order valence-corrected chi connectivity index (χ0v) is 49.2. The van der Waals surface area contributed by atoms with Gasteiger partial charge in [0.15, 0.2) is 0 Å². The van der Waals surface area contributed by atoms with Crippen LogP contribution in [-0.2, 0) is 25.7 Å². The number of benzene rings is 12. The Kier molecular flexibility index (Phi) is 11.9. The van der Waals surface area contributed by atoms with Crippen molar-refractivity contribution in [2.24, 2.45) is 0 Å². The van der Waals surface area contributed by atoms with Gasteiger partial charge in [-0.05, 0) is 228 Å². The highest BCUT2D eigenvalue weighted by molar-refractivity contribution is 6.30. The lowest BCUT2D eigenvalue weighted by atomic mass is 9.83. The van der Waals surface area contributed by atoms with Crippen LogP contribution in [0.2, 0.25) is 0 Å². The SMILES string of the molecule is Cc1cccc(-n2c3ccccc3c3cc(N(c4cccc5c4CCCC5)c4cc(C(C)C)c5ccc6c(N(c7cccc8c7CCCC8)c7cccc8c9ccccc9n(-c9cccc(C)c9)c78)cc(C(C)C)c7ccc4c5c76)ccc32)c1. The van der Waals surface area contributed by atoms with E-state index >= 15 is 0 Å². The predicted molar refractivity (Wildman–Crippen MR) is 359 cm³/mol. The highest BCUT2D eigenvalue weighted by atomic mass is 15.2. The number of aryl methyl sites for hydroxylation is 4. The Bertz CT molecular complexity index is 4970. The van der Waals surface area contributed by atoms with E-state index in [1.165, 1.54) is 192 Å². The minimum Gasteiger partial charge on any atom is -0.310 e. The van der Waals surface area contributed by atoms with E-state index in [2.05, 4.69) is 267 Å². The second-order valence-corrected chi connectivity index (χ2v) is 25.0. The number of para-hydroxylation sites is 3. The van der Waals surface area contributed by atoms with Crippen molar-refractivity contribution in [1.29, 1.82) is 0 Å². The van der Waals surface area contributed by atoms with Crippen molar-refractivity contribution in [2.45, 2.75) is 105 Å². The van der Waals surface area contributed by atoms with Gasteiger partial charge in [0, 0.05) is 60.8 Å². The number of anilines is 6. The third-order valence-electron chi connectivity index (χ3n) is 19.2. The number of hydrogen-bond donors (Lipinski definition) is 0. The summed E-state index contributed by atoms with van der Waals surface area (Å²) in [6, 6.07) is 79.8. The van der Waals surface area contributed by atoms with Crippen molar-refractivity contribution in [3.63, 3.8) is 0 Å². The van der Waals surface area contributed by atoms with Crippen molar-refractivity contribution in [3.8, 4) is 11.4 Å². The Morgan fingerprint density at radius 2 is 0.798 bits per heavy atom. The predicted octanol–water partition coefficient (Wildman–Crippen LogP) is 22.3. The molecule has 2 aliphatic carbocycles. The first-order valence-electron chi connectivity index (χ1n) is 31.0. The van der Waals surface area contributed by atoms with E-state index in [9.17, 15) is 0 Å². The van der Waals surface area contributed by atoms with Gasteiger partial charge in [-0.15, -0.1) is 0 Å². The van der Waals surface area contributed by atoms with Crippen molar-refractivity contribution < 1.29 is 0 Å². The van der Waals surface area contributed by atoms with Crippen LogP contribution in [0.1, 0.15) is 110 Å². The summed E-state index contributed by atoms with van der Waals surface area (Å²) in [5.41, 5.74) is 25.8. The Labute approximate surface area is 493 Å². The Morgan fingerprint density at radius 3 is 1.39 bits per heavy atom. The lowest BCUT2D eigenvalue weighted by Gasteiger charge is -2.34. The fourth-order valence-corrected chi connectivity index (χ4v) is 15.4. The molecule has 0 atom stereocenters. The van der Waals surface area contributed by atoms with E-state index in [-0.39, 0.29) is 11.8 Å². The van der Waals surface area contributed by atoms with Crippen molar-refractivity contribution in [1.82, 2.24) is 9.13 Å². The molecule has 0 aliphatic heterocycles. The minimum absolute atomic E-state index is 0.249. The molecule has 0 saturated carbocycles. The van der Waals surface area contributed by atoms with Crippen molar-refractivity contribution in [2.75, 3.05) is 9.80 Å². The third kappa shape index (κ3) is 7.79. The van der Waals surface area contributed by atoms with E-state index in [1.54, 1.807) is 0 Å². The molecule has 84 heavy (non-hydrogen) atoms. The molecule has 4 nitrogen and oxygen atoms in total. The fraction of sp³-hybridized carbons (Fsp3) is 0.200. The molecule has 14 aromatic rings. The summed E-state index contributed by atoms with van der Waals surface area (Å²) in [6.07, 6.45) is 9.15. The molecule has 2 aromatic heterocycles. The second kappa shape index (κ2) is 19.8. The van der Waals surface area contributed by atoms with Crippen LogP contribution in [0.3, 0.4) is 0 Å². The summed E-state index contributed by atoms with van der Waals surface area (Å²) in [4.78, 5) is 5.39. The largest absolute Gasteiger partial charge is 0.310 e. The molecule has 0 bridgehead atoms. The molecule has 16 rings (SSSR count). The van der Waals surface area contributed by atoms with E-state index in [0.29, 0.717) is 0 Å². The molecule has 12 aromatic carbocycles. The van der Waals surface area contributed by atoms with Crippen LogP contribution in [0.4, 0.5) is 34.1 Å². The number of rotatable bonds is 10. The number of nitrogens with zero attached hydrogens (tertiary/aromatic N) is 4. The zero-order chi connectivity index (χ0) is 56.5. The second-order valence-electron chi connectivity index (χ2n) is 25.0. The van der Waals surface area contributed by atoms with Gasteiger partial charge in [-0.3, -0.25) is 0 Å². The zero-order valence-electron chi connectivity index (χ0n) is 49.2. The average molecular weight is 1090 g/mol. The number of hydrogen-bond acceptors (Lipinski definition) is 2. The summed E-state index contributed by atoms with van der Waals surface area (Å²) >= 11 is 0. The summed E-state index contributed by atoms with van der Waals surface area (Å²) in [6.45, 7) is 14.0. The standard InChI is InChI=1S/C80H70N4/c1-49(2)67-47-76(82(70-35-17-24-53-22-7-9-28-58(53)70)57-38-43-74-69(46-57)61-31-12-13-33-72(61)81(74)55-26-15-20-51(5)44-55)65-41-39-63-68(50(3)4)48-77(66-42-40-62(67)78(65)79(63)66)84(71-36-18-25-54-23-8-10-29-59(54)71)75-37-19-32-64-60-30-11-14-34-73(60)83(80(64)75)56-27-16-21-52(6)45-56/h11-21,24-27,30-50H,7-10,22-23,28-29H2,1-6H3. The maximum atomic E-state index is 2.71. The van der Waals surface area contributed by atoms with E-state index in [1.807, 2.05) is 0 Å². The first-order valence-corrected chi connectivity index (χ1v) is 31.0. The monoisotopic (exact) mass is 1090 g/mol. The molecule has 0 unspecified atom stereocenters. The van der Waals surface area contributed by atoms with Gasteiger partial charge in [0.1, 0.15) is 0 Å². The van der Waals surface area contributed by atoms with Crippen LogP contribution in [0.5, 0.6) is 0 Å². The van der Waals surface area contributed by atoms with Crippen LogP contribution < -0.4 is 9.80 Å². The fourth-order valence-electron chi connectivity index (χ4n) is 15.4. The number of fused-ring (bicyclic) bond motifs is 8. The van der Waals surface area contributed by atoms with Gasteiger partial charge >= 0.3 is 0 Å². The maximum Gasteiger partial charge on any atom is 0.0782 e. The molecule has 410 valence electrons. The lowest BCUT2D eigenvalue weighted by molar-refractivity contribution is 0.686. The Hall–Kier alpha value is -9.12. The van der Waals surface area contributed by atoms with Crippen LogP contribution in [0.15, 0.2) is 206 Å². The topological polar surface area (TPSA) is 16.3 Å². The Balaban J connectivity index is 1.02. The van der Waals surface area contributed by atoms with Gasteiger partial charge in [0.2, 0.25) is 0 Å². The summed E-state index contributed by atoms with van der Waals surface area (Å²) < 4.78 is 5.01. The summed E-state index contributed by atoms with van der Waals surface area (Å²) in [5, 5.41) is 13.0. The molecule has 0 amide bonds. The van der Waals surface area contributed by atoms with Crippen LogP contribution in [-0.4, -0.2) is 9.13 Å². The normalized spacial score (nSPS) is 13.7. The first kappa shape index (κ1) is 50.6. The summed E-state index contributed by atoms with van der Waals surface area (Å²) in [5.74, 6) is 0.506. The molecular formula is C80H70N4. The van der Waals surface area contributed by atoms with Gasteiger partial charge in [0.05, 0.1) is 39.1 Å². The molecule has 0 radical (unpaired) electrons. The Morgan fingerprint density at radius 1 is 0.333 bits per heavy atom. The van der Waals surface area contributed by atoms with Crippen molar-refractivity contribution in [3.05, 3.63) is 251 Å². The molecule has 2 heterocycles. The quantitative estimate of drug-likeness (QED) is 0.127. The molecule has 0 N–H and O–H groups in total. The maximum absolute atomic E-state index is 2.71. The van der Waals surface area contributed by atoms with Crippen LogP contribution in [0, 0.1) is 13.8 Å². The van der Waals surface area contributed by atoms with Crippen molar-refractivity contribution >= 4 is 110 Å². The summed E-state index contributed by atoms with van der Waals surface area (Å²) in [7, 11) is 0. The van der Waals surface area contributed by atoms with Gasteiger partial charge in [-0.1, -0.05) is 149 Å². The van der Waals surface area contributed by atoms with E-state index in [4.69, 9.17) is 0 Å². The molecule has 0 spiro atoms. The first-order chi connectivity index (χ1) is 41.2. The molecule has 0 fully saturated rings. The van der Waals surface area contributed by atoms with Gasteiger partial charge in [-0.2, -0.15) is 0 Å². The van der Waals surface area contributed by atoms with Crippen LogP contribution >= 0.6 is 0 Å².